The fraction of sp³-hybridized carbons (Fsp3) is 0.368. The highest BCUT2D eigenvalue weighted by molar-refractivity contribution is 5.79. The number of hydrogen-bond donors (Lipinski definition) is 0. The van der Waals surface area contributed by atoms with Crippen LogP contribution in [0.2, 0.25) is 0 Å². The highest BCUT2D eigenvalue weighted by Crippen LogP contribution is 2.33. The molecular formula is C19H22N2O3. The van der Waals surface area contributed by atoms with E-state index in [4.69, 9.17) is 9.47 Å². The number of nitrogens with zero attached hydrogens (tertiary/aromatic N) is 2. The van der Waals surface area contributed by atoms with Crippen LogP contribution in [-0.2, 0) is 11.2 Å². The molecule has 0 N–H and O–H groups in total. The fourth-order valence-electron chi connectivity index (χ4n) is 3.26. The lowest BCUT2D eigenvalue weighted by Crippen LogP contribution is -2.31. The maximum absolute atomic E-state index is 12.8. The van der Waals surface area contributed by atoms with Gasteiger partial charge in [-0.1, -0.05) is 6.07 Å². The van der Waals surface area contributed by atoms with Crippen molar-refractivity contribution >= 4 is 5.91 Å². The van der Waals surface area contributed by atoms with E-state index in [9.17, 15) is 4.79 Å². The van der Waals surface area contributed by atoms with E-state index in [-0.39, 0.29) is 11.9 Å². The zero-order chi connectivity index (χ0) is 16.9. The van der Waals surface area contributed by atoms with E-state index in [2.05, 4.69) is 4.98 Å². The van der Waals surface area contributed by atoms with Gasteiger partial charge < -0.3 is 14.4 Å². The number of amides is 1. The first-order valence-corrected chi connectivity index (χ1v) is 8.13. The Morgan fingerprint density at radius 2 is 1.92 bits per heavy atom. The maximum atomic E-state index is 12.8. The molecule has 126 valence electrons. The van der Waals surface area contributed by atoms with Crippen molar-refractivity contribution in [3.63, 3.8) is 0 Å². The van der Waals surface area contributed by atoms with Crippen molar-refractivity contribution in [3.8, 4) is 11.5 Å². The van der Waals surface area contributed by atoms with E-state index in [0.29, 0.717) is 17.9 Å². The normalized spacial score (nSPS) is 16.9. The average molecular weight is 326 g/mol. The third kappa shape index (κ3) is 3.35. The molecule has 1 aromatic heterocycles. The monoisotopic (exact) mass is 326 g/mol. The molecule has 2 aromatic rings. The molecule has 24 heavy (non-hydrogen) atoms. The Balaban J connectivity index is 1.75. The first-order valence-electron chi connectivity index (χ1n) is 8.13. The van der Waals surface area contributed by atoms with E-state index in [1.807, 2.05) is 35.2 Å². The standard InChI is InChI=1S/C19H22N2O3/c1-23-17-6-5-14(12-18(17)24-2)13-19(22)21-11-3-4-16(21)15-7-9-20-10-8-15/h5-10,12,16H,3-4,11,13H2,1-2H3/t16-/m1/s1. The van der Waals surface area contributed by atoms with Crippen molar-refractivity contribution in [2.24, 2.45) is 0 Å². The summed E-state index contributed by atoms with van der Waals surface area (Å²) in [5.74, 6) is 1.46. The molecule has 0 spiro atoms. The summed E-state index contributed by atoms with van der Waals surface area (Å²) < 4.78 is 10.6. The van der Waals surface area contributed by atoms with Gasteiger partial charge in [-0.15, -0.1) is 0 Å². The van der Waals surface area contributed by atoms with Gasteiger partial charge in [0.1, 0.15) is 0 Å². The molecule has 0 aliphatic carbocycles. The number of carbonyl (C=O) groups is 1. The highest BCUT2D eigenvalue weighted by atomic mass is 16.5. The van der Waals surface area contributed by atoms with E-state index >= 15 is 0 Å². The van der Waals surface area contributed by atoms with Gasteiger partial charge in [0.2, 0.25) is 5.91 Å². The number of methoxy groups -OCH3 is 2. The van der Waals surface area contributed by atoms with Crippen LogP contribution in [0.1, 0.15) is 30.0 Å². The molecule has 1 aliphatic rings. The van der Waals surface area contributed by atoms with Gasteiger partial charge >= 0.3 is 0 Å². The largest absolute Gasteiger partial charge is 0.493 e. The lowest BCUT2D eigenvalue weighted by molar-refractivity contribution is -0.131. The number of benzene rings is 1. The van der Waals surface area contributed by atoms with Gasteiger partial charge in [-0.3, -0.25) is 9.78 Å². The minimum absolute atomic E-state index is 0.140. The van der Waals surface area contributed by atoms with Gasteiger partial charge in [0.25, 0.3) is 0 Å². The Labute approximate surface area is 142 Å². The lowest BCUT2D eigenvalue weighted by atomic mass is 10.1. The fourth-order valence-corrected chi connectivity index (χ4v) is 3.26. The van der Waals surface area contributed by atoms with Crippen LogP contribution in [0.4, 0.5) is 0 Å². The quantitative estimate of drug-likeness (QED) is 0.847. The molecule has 1 aromatic carbocycles. The van der Waals surface area contributed by atoms with Crippen molar-refractivity contribution in [2.75, 3.05) is 20.8 Å². The van der Waals surface area contributed by atoms with Gasteiger partial charge in [-0.2, -0.15) is 0 Å². The number of carbonyl (C=O) groups excluding carboxylic acids is 1. The number of ether oxygens (including phenoxy) is 2. The summed E-state index contributed by atoms with van der Waals surface area (Å²) in [4.78, 5) is 18.8. The molecule has 2 heterocycles. The van der Waals surface area contributed by atoms with Crippen LogP contribution in [0.5, 0.6) is 11.5 Å². The van der Waals surface area contributed by atoms with Crippen LogP contribution in [0, 0.1) is 0 Å². The summed E-state index contributed by atoms with van der Waals surface area (Å²) in [5.41, 5.74) is 2.08. The van der Waals surface area contributed by atoms with Gasteiger partial charge in [-0.25, -0.2) is 0 Å². The highest BCUT2D eigenvalue weighted by Gasteiger charge is 2.29. The SMILES string of the molecule is COc1ccc(CC(=O)N2CCC[C@@H]2c2ccncc2)cc1OC. The molecule has 1 amide bonds. The van der Waals surface area contributed by atoms with Crippen molar-refractivity contribution in [2.45, 2.75) is 25.3 Å². The summed E-state index contributed by atoms with van der Waals surface area (Å²) in [7, 11) is 3.20. The summed E-state index contributed by atoms with van der Waals surface area (Å²) in [6.45, 7) is 0.805. The first-order chi connectivity index (χ1) is 11.7. The topological polar surface area (TPSA) is 51.7 Å². The van der Waals surface area contributed by atoms with Crippen molar-refractivity contribution in [1.29, 1.82) is 0 Å². The molecule has 1 atom stereocenters. The predicted molar refractivity (Wildman–Crippen MR) is 91.2 cm³/mol. The number of hydrogen-bond acceptors (Lipinski definition) is 4. The molecule has 0 saturated carbocycles. The van der Waals surface area contributed by atoms with Crippen LogP contribution in [-0.4, -0.2) is 36.6 Å². The summed E-state index contributed by atoms with van der Waals surface area (Å²) >= 11 is 0. The second-order valence-corrected chi connectivity index (χ2v) is 5.89. The third-order valence-electron chi connectivity index (χ3n) is 4.47. The smallest absolute Gasteiger partial charge is 0.227 e. The van der Waals surface area contributed by atoms with Crippen LogP contribution < -0.4 is 9.47 Å². The average Bonchev–Trinajstić information content (AvgIpc) is 3.12. The first kappa shape index (κ1) is 16.3. The zero-order valence-electron chi connectivity index (χ0n) is 14.1. The van der Waals surface area contributed by atoms with E-state index < -0.39 is 0 Å². The number of aromatic nitrogens is 1. The Morgan fingerprint density at radius 3 is 2.62 bits per heavy atom. The summed E-state index contributed by atoms with van der Waals surface area (Å²) in [5, 5.41) is 0. The van der Waals surface area contributed by atoms with E-state index in [1.54, 1.807) is 26.6 Å². The van der Waals surface area contributed by atoms with Crippen LogP contribution in [0.3, 0.4) is 0 Å². The van der Waals surface area contributed by atoms with Gasteiger partial charge in [0.15, 0.2) is 11.5 Å². The number of pyridine rings is 1. The second kappa shape index (κ2) is 7.34. The molecule has 5 heteroatoms. The minimum atomic E-state index is 0.140. The van der Waals surface area contributed by atoms with Gasteiger partial charge in [-0.05, 0) is 48.2 Å². The van der Waals surface area contributed by atoms with Gasteiger partial charge in [0, 0.05) is 18.9 Å². The van der Waals surface area contributed by atoms with Crippen molar-refractivity contribution in [1.82, 2.24) is 9.88 Å². The number of rotatable bonds is 5. The Kier molecular flexibility index (Phi) is 4.99. The Morgan fingerprint density at radius 1 is 1.17 bits per heavy atom. The zero-order valence-corrected chi connectivity index (χ0v) is 14.1. The van der Waals surface area contributed by atoms with Crippen molar-refractivity contribution < 1.29 is 14.3 Å². The predicted octanol–water partition coefficient (Wildman–Crippen LogP) is 3.01. The van der Waals surface area contributed by atoms with Crippen LogP contribution >= 0.6 is 0 Å². The summed E-state index contributed by atoms with van der Waals surface area (Å²) in [6.07, 6.45) is 5.96. The maximum Gasteiger partial charge on any atom is 0.227 e. The lowest BCUT2D eigenvalue weighted by Gasteiger charge is -2.25. The molecule has 0 radical (unpaired) electrons. The minimum Gasteiger partial charge on any atom is -0.493 e. The summed E-state index contributed by atoms with van der Waals surface area (Å²) in [6, 6.07) is 9.76. The van der Waals surface area contributed by atoms with Crippen molar-refractivity contribution in [3.05, 3.63) is 53.9 Å². The molecule has 1 saturated heterocycles. The van der Waals surface area contributed by atoms with E-state index in [0.717, 1.165) is 30.5 Å². The molecule has 0 bridgehead atoms. The molecular weight excluding hydrogens is 304 g/mol. The Bertz CT molecular complexity index is 703. The van der Waals surface area contributed by atoms with Gasteiger partial charge in [0.05, 0.1) is 26.7 Å². The third-order valence-corrected chi connectivity index (χ3v) is 4.47. The van der Waals surface area contributed by atoms with Crippen LogP contribution in [0.25, 0.3) is 0 Å². The molecule has 1 fully saturated rings. The molecule has 5 nitrogen and oxygen atoms in total. The second-order valence-electron chi connectivity index (χ2n) is 5.89. The molecule has 0 unspecified atom stereocenters. The van der Waals surface area contributed by atoms with Crippen LogP contribution in [0.15, 0.2) is 42.7 Å². The number of likely N-dealkylation sites (tertiary alicyclic amines) is 1. The van der Waals surface area contributed by atoms with E-state index in [1.165, 1.54) is 0 Å². The molecule has 1 aliphatic heterocycles. The molecule has 3 rings (SSSR count). The Hall–Kier alpha value is -2.56.